The molecule has 0 bridgehead atoms. The number of hydrogen-bond donors (Lipinski definition) is 2. The lowest BCUT2D eigenvalue weighted by atomic mass is 10.2. The van der Waals surface area contributed by atoms with E-state index in [0.717, 1.165) is 5.69 Å². The molecule has 15 heavy (non-hydrogen) atoms. The van der Waals surface area contributed by atoms with Crippen LogP contribution in [-0.4, -0.2) is 23.5 Å². The van der Waals surface area contributed by atoms with Gasteiger partial charge < -0.3 is 16.4 Å². The highest BCUT2D eigenvalue weighted by molar-refractivity contribution is 5.79. The van der Waals surface area contributed by atoms with E-state index in [1.54, 1.807) is 18.5 Å². The van der Waals surface area contributed by atoms with E-state index in [2.05, 4.69) is 4.98 Å². The Labute approximate surface area is 89.1 Å². The van der Waals surface area contributed by atoms with Crippen molar-refractivity contribution in [3.8, 4) is 0 Å². The minimum Gasteiger partial charge on any atom is -0.397 e. The van der Waals surface area contributed by atoms with Gasteiger partial charge in [-0.1, -0.05) is 0 Å². The van der Waals surface area contributed by atoms with Crippen LogP contribution in [0.5, 0.6) is 0 Å². The van der Waals surface area contributed by atoms with Crippen LogP contribution < -0.4 is 16.4 Å². The first-order valence-corrected chi connectivity index (χ1v) is 4.76. The van der Waals surface area contributed by atoms with Crippen LogP contribution in [0.25, 0.3) is 0 Å². The minimum absolute atomic E-state index is 0.168. The van der Waals surface area contributed by atoms with Gasteiger partial charge >= 0.3 is 0 Å². The number of amides is 1. The molecule has 1 aromatic rings. The maximum atomic E-state index is 10.9. The zero-order chi connectivity index (χ0) is 11.4. The Kier molecular flexibility index (Phi) is 3.49. The molecule has 0 saturated carbocycles. The summed E-state index contributed by atoms with van der Waals surface area (Å²) in [5.74, 6) is -0.369. The van der Waals surface area contributed by atoms with E-state index < -0.39 is 0 Å². The number of nitrogens with two attached hydrogens (primary N) is 2. The summed E-state index contributed by atoms with van der Waals surface area (Å²) in [5.41, 5.74) is 12.2. The van der Waals surface area contributed by atoms with E-state index in [9.17, 15) is 4.79 Å². The summed E-state index contributed by atoms with van der Waals surface area (Å²) < 4.78 is 0. The number of hydrogen-bond acceptors (Lipinski definition) is 4. The first kappa shape index (κ1) is 11.3. The number of nitrogens with zero attached hydrogens (tertiary/aromatic N) is 2. The van der Waals surface area contributed by atoms with Crippen molar-refractivity contribution in [1.82, 2.24) is 4.98 Å². The molecule has 82 valence electrons. The summed E-state index contributed by atoms with van der Waals surface area (Å²) >= 11 is 0. The van der Waals surface area contributed by atoms with Crippen LogP contribution in [0.15, 0.2) is 18.5 Å². The number of anilines is 2. The number of nitrogen functional groups attached to an aromatic ring is 1. The monoisotopic (exact) mass is 208 g/mol. The Hall–Kier alpha value is -1.78. The van der Waals surface area contributed by atoms with E-state index >= 15 is 0 Å². The standard InChI is InChI=1S/C10H16N4O/c1-7(2)14(6-10(12)15)9-3-8(11)4-13-5-9/h3-5,7H,6,11H2,1-2H3,(H2,12,15). The number of carbonyl (C=O) groups excluding carboxylic acids is 1. The van der Waals surface area contributed by atoms with Crippen LogP contribution in [0.4, 0.5) is 11.4 Å². The van der Waals surface area contributed by atoms with Crippen LogP contribution in [0.2, 0.25) is 0 Å². The van der Waals surface area contributed by atoms with Crippen molar-refractivity contribution in [2.75, 3.05) is 17.2 Å². The van der Waals surface area contributed by atoms with Crippen LogP contribution >= 0.6 is 0 Å². The van der Waals surface area contributed by atoms with Crippen LogP contribution in [0, 0.1) is 0 Å². The third kappa shape index (κ3) is 3.12. The second-order valence-electron chi connectivity index (χ2n) is 3.66. The predicted octanol–water partition coefficient (Wildman–Crippen LogP) is 0.364. The molecule has 0 saturated heterocycles. The van der Waals surface area contributed by atoms with E-state index in [4.69, 9.17) is 11.5 Å². The SMILES string of the molecule is CC(C)N(CC(N)=O)c1cncc(N)c1. The summed E-state index contributed by atoms with van der Waals surface area (Å²) in [6, 6.07) is 1.94. The highest BCUT2D eigenvalue weighted by atomic mass is 16.1. The third-order valence-corrected chi connectivity index (χ3v) is 2.03. The lowest BCUT2D eigenvalue weighted by Gasteiger charge is -2.27. The first-order chi connectivity index (χ1) is 7.00. The van der Waals surface area contributed by atoms with E-state index in [-0.39, 0.29) is 18.5 Å². The molecule has 1 aromatic heterocycles. The van der Waals surface area contributed by atoms with Gasteiger partial charge in [0.1, 0.15) is 0 Å². The molecule has 0 aliphatic carbocycles. The van der Waals surface area contributed by atoms with Crippen molar-refractivity contribution in [2.24, 2.45) is 5.73 Å². The van der Waals surface area contributed by atoms with Gasteiger partial charge in [-0.15, -0.1) is 0 Å². The van der Waals surface area contributed by atoms with Crippen molar-refractivity contribution in [1.29, 1.82) is 0 Å². The van der Waals surface area contributed by atoms with Gasteiger partial charge in [-0.25, -0.2) is 0 Å². The molecule has 0 aliphatic rings. The lowest BCUT2D eigenvalue weighted by Crippen LogP contribution is -2.38. The van der Waals surface area contributed by atoms with Crippen LogP contribution in [-0.2, 0) is 4.79 Å². The molecule has 1 amide bonds. The first-order valence-electron chi connectivity index (χ1n) is 4.76. The number of rotatable bonds is 4. The van der Waals surface area contributed by atoms with Crippen molar-refractivity contribution < 1.29 is 4.79 Å². The zero-order valence-electron chi connectivity index (χ0n) is 8.97. The molecule has 5 nitrogen and oxygen atoms in total. The summed E-state index contributed by atoms with van der Waals surface area (Å²) in [6.07, 6.45) is 3.23. The van der Waals surface area contributed by atoms with Gasteiger partial charge in [-0.2, -0.15) is 0 Å². The van der Waals surface area contributed by atoms with Crippen LogP contribution in [0.1, 0.15) is 13.8 Å². The summed E-state index contributed by atoms with van der Waals surface area (Å²) in [6.45, 7) is 4.13. The topological polar surface area (TPSA) is 85.2 Å². The van der Waals surface area contributed by atoms with Gasteiger partial charge in [-0.05, 0) is 19.9 Å². The molecule has 0 unspecified atom stereocenters. The Morgan fingerprint density at radius 2 is 2.20 bits per heavy atom. The molecule has 0 aromatic carbocycles. The average Bonchev–Trinajstić information content (AvgIpc) is 2.13. The third-order valence-electron chi connectivity index (χ3n) is 2.03. The average molecular weight is 208 g/mol. The Morgan fingerprint density at radius 1 is 1.53 bits per heavy atom. The maximum Gasteiger partial charge on any atom is 0.236 e. The summed E-state index contributed by atoms with van der Waals surface area (Å²) in [7, 11) is 0. The fourth-order valence-corrected chi connectivity index (χ4v) is 1.34. The van der Waals surface area contributed by atoms with E-state index in [1.807, 2.05) is 18.7 Å². The van der Waals surface area contributed by atoms with Gasteiger partial charge in [-0.3, -0.25) is 9.78 Å². The second-order valence-corrected chi connectivity index (χ2v) is 3.66. The van der Waals surface area contributed by atoms with Gasteiger partial charge in [0.25, 0.3) is 0 Å². The number of carbonyl (C=O) groups is 1. The molecule has 0 aliphatic heterocycles. The molecule has 0 spiro atoms. The predicted molar refractivity (Wildman–Crippen MR) is 60.3 cm³/mol. The molecular weight excluding hydrogens is 192 g/mol. The molecule has 0 atom stereocenters. The largest absolute Gasteiger partial charge is 0.397 e. The van der Waals surface area contributed by atoms with Crippen molar-refractivity contribution in [3.63, 3.8) is 0 Å². The van der Waals surface area contributed by atoms with Crippen molar-refractivity contribution >= 4 is 17.3 Å². The maximum absolute atomic E-state index is 10.9. The Balaban J connectivity index is 2.93. The summed E-state index contributed by atoms with van der Waals surface area (Å²) in [5, 5.41) is 0. The highest BCUT2D eigenvalue weighted by Gasteiger charge is 2.13. The van der Waals surface area contributed by atoms with E-state index in [1.165, 1.54) is 0 Å². The fourth-order valence-electron chi connectivity index (χ4n) is 1.34. The molecule has 5 heteroatoms. The molecule has 1 rings (SSSR count). The smallest absolute Gasteiger partial charge is 0.236 e. The second kappa shape index (κ2) is 4.63. The van der Waals surface area contributed by atoms with Gasteiger partial charge in [0.2, 0.25) is 5.91 Å². The molecular formula is C10H16N4O. The van der Waals surface area contributed by atoms with E-state index in [0.29, 0.717) is 5.69 Å². The Morgan fingerprint density at radius 3 is 2.67 bits per heavy atom. The number of pyridine rings is 1. The number of primary amides is 1. The van der Waals surface area contributed by atoms with Crippen molar-refractivity contribution in [2.45, 2.75) is 19.9 Å². The Bertz CT molecular complexity index is 351. The fraction of sp³-hybridized carbons (Fsp3) is 0.400. The van der Waals surface area contributed by atoms with Crippen molar-refractivity contribution in [3.05, 3.63) is 18.5 Å². The minimum atomic E-state index is -0.369. The van der Waals surface area contributed by atoms with Gasteiger partial charge in [0.15, 0.2) is 0 Å². The highest BCUT2D eigenvalue weighted by Crippen LogP contribution is 2.17. The zero-order valence-corrected chi connectivity index (χ0v) is 8.97. The van der Waals surface area contributed by atoms with Gasteiger partial charge in [0.05, 0.1) is 24.1 Å². The van der Waals surface area contributed by atoms with Gasteiger partial charge in [0, 0.05) is 12.2 Å². The normalized spacial score (nSPS) is 10.3. The van der Waals surface area contributed by atoms with Crippen LogP contribution in [0.3, 0.4) is 0 Å². The molecule has 4 N–H and O–H groups in total. The number of aromatic nitrogens is 1. The quantitative estimate of drug-likeness (QED) is 0.748. The molecule has 0 radical (unpaired) electrons. The summed E-state index contributed by atoms with van der Waals surface area (Å²) in [4.78, 5) is 16.7. The molecule has 0 fully saturated rings. The lowest BCUT2D eigenvalue weighted by molar-refractivity contribution is -0.116. The molecule has 1 heterocycles.